The zero-order valence-electron chi connectivity index (χ0n) is 9.19. The first-order valence-electron chi connectivity index (χ1n) is 4.88. The molecule has 2 N–H and O–H groups in total. The number of aliphatic carboxylic acids is 1. The standard InChI is InChI=1S/C10H18N2O3/c1-4-6-8(9(13)14)11-10(15)12(3)7-5-2/h4,8H,1,5-7H2,2-3H3,(H,11,15)(H,13,14). The number of amides is 2. The minimum Gasteiger partial charge on any atom is -0.480 e. The number of hydrogen-bond donors (Lipinski definition) is 2. The Balaban J connectivity index is 4.21. The second kappa shape index (κ2) is 6.86. The van der Waals surface area contributed by atoms with Gasteiger partial charge in [0.15, 0.2) is 0 Å². The van der Waals surface area contributed by atoms with Gasteiger partial charge in [-0.15, -0.1) is 6.58 Å². The fraction of sp³-hybridized carbons (Fsp3) is 0.600. The molecule has 2 amide bonds. The van der Waals surface area contributed by atoms with Crippen LogP contribution in [-0.4, -0.2) is 41.6 Å². The molecule has 0 saturated carbocycles. The molecule has 0 aliphatic carbocycles. The summed E-state index contributed by atoms with van der Waals surface area (Å²) in [5.74, 6) is -1.05. The molecule has 0 aromatic rings. The van der Waals surface area contributed by atoms with Crippen molar-refractivity contribution in [3.63, 3.8) is 0 Å². The molecule has 0 rings (SSSR count). The van der Waals surface area contributed by atoms with Gasteiger partial charge in [0.05, 0.1) is 0 Å². The van der Waals surface area contributed by atoms with E-state index >= 15 is 0 Å². The van der Waals surface area contributed by atoms with Crippen molar-refractivity contribution in [1.29, 1.82) is 0 Å². The van der Waals surface area contributed by atoms with Crippen molar-refractivity contribution in [1.82, 2.24) is 10.2 Å². The van der Waals surface area contributed by atoms with E-state index in [1.807, 2.05) is 6.92 Å². The van der Waals surface area contributed by atoms with Crippen LogP contribution < -0.4 is 5.32 Å². The fourth-order valence-electron chi connectivity index (χ4n) is 1.08. The molecule has 0 aliphatic rings. The lowest BCUT2D eigenvalue weighted by atomic mass is 10.2. The molecular formula is C10H18N2O3. The van der Waals surface area contributed by atoms with Crippen LogP contribution in [0.5, 0.6) is 0 Å². The van der Waals surface area contributed by atoms with Gasteiger partial charge in [-0.25, -0.2) is 9.59 Å². The van der Waals surface area contributed by atoms with Crippen molar-refractivity contribution in [3.8, 4) is 0 Å². The van der Waals surface area contributed by atoms with Gasteiger partial charge >= 0.3 is 12.0 Å². The summed E-state index contributed by atoms with van der Waals surface area (Å²) in [6, 6.07) is -1.26. The molecule has 0 heterocycles. The predicted molar refractivity (Wildman–Crippen MR) is 57.7 cm³/mol. The van der Waals surface area contributed by atoms with E-state index in [0.29, 0.717) is 6.54 Å². The van der Waals surface area contributed by atoms with Crippen LogP contribution in [-0.2, 0) is 4.79 Å². The minimum atomic E-state index is -1.05. The van der Waals surface area contributed by atoms with Gasteiger partial charge in [0, 0.05) is 13.6 Å². The molecule has 0 bridgehead atoms. The molecule has 0 aromatic heterocycles. The van der Waals surface area contributed by atoms with Crippen LogP contribution in [0.1, 0.15) is 19.8 Å². The van der Waals surface area contributed by atoms with Gasteiger partial charge in [0.25, 0.3) is 0 Å². The number of nitrogens with zero attached hydrogens (tertiary/aromatic N) is 1. The molecule has 0 aromatic carbocycles. The molecule has 5 heteroatoms. The van der Waals surface area contributed by atoms with Crippen LogP contribution in [0, 0.1) is 0 Å². The third-order valence-electron chi connectivity index (χ3n) is 1.90. The van der Waals surface area contributed by atoms with Gasteiger partial charge in [-0.1, -0.05) is 13.0 Å². The van der Waals surface area contributed by atoms with Crippen molar-refractivity contribution < 1.29 is 14.7 Å². The summed E-state index contributed by atoms with van der Waals surface area (Å²) in [7, 11) is 1.63. The van der Waals surface area contributed by atoms with Crippen molar-refractivity contribution in [3.05, 3.63) is 12.7 Å². The Morgan fingerprint density at radius 2 is 2.20 bits per heavy atom. The average molecular weight is 214 g/mol. The Morgan fingerprint density at radius 1 is 1.60 bits per heavy atom. The van der Waals surface area contributed by atoms with Crippen LogP contribution in [0.2, 0.25) is 0 Å². The number of carboxylic acid groups (broad SMARTS) is 1. The molecular weight excluding hydrogens is 196 g/mol. The summed E-state index contributed by atoms with van der Waals surface area (Å²) in [4.78, 5) is 23.6. The highest BCUT2D eigenvalue weighted by atomic mass is 16.4. The van der Waals surface area contributed by atoms with Crippen LogP contribution in [0.3, 0.4) is 0 Å². The normalized spacial score (nSPS) is 11.6. The number of urea groups is 1. The van der Waals surface area contributed by atoms with Crippen molar-refractivity contribution in [2.75, 3.05) is 13.6 Å². The van der Waals surface area contributed by atoms with Gasteiger partial charge in [-0.2, -0.15) is 0 Å². The lowest BCUT2D eigenvalue weighted by Crippen LogP contribution is -2.46. The highest BCUT2D eigenvalue weighted by Gasteiger charge is 2.19. The van der Waals surface area contributed by atoms with E-state index in [-0.39, 0.29) is 12.5 Å². The second-order valence-corrected chi connectivity index (χ2v) is 3.29. The summed E-state index contributed by atoms with van der Waals surface area (Å²) in [6.45, 7) is 5.99. The Labute approximate surface area is 89.8 Å². The minimum absolute atomic E-state index is 0.223. The van der Waals surface area contributed by atoms with Crippen LogP contribution in [0.4, 0.5) is 4.79 Å². The molecule has 5 nitrogen and oxygen atoms in total. The zero-order valence-corrected chi connectivity index (χ0v) is 9.19. The molecule has 0 fully saturated rings. The maximum absolute atomic E-state index is 11.4. The van der Waals surface area contributed by atoms with Gasteiger partial charge in [0.2, 0.25) is 0 Å². The highest BCUT2D eigenvalue weighted by Crippen LogP contribution is 1.96. The number of carbonyl (C=O) groups excluding carboxylic acids is 1. The lowest BCUT2D eigenvalue weighted by Gasteiger charge is -2.20. The number of hydrogen-bond acceptors (Lipinski definition) is 2. The van der Waals surface area contributed by atoms with E-state index < -0.39 is 12.0 Å². The third kappa shape index (κ3) is 5.05. The number of rotatable bonds is 6. The van der Waals surface area contributed by atoms with Gasteiger partial charge in [-0.3, -0.25) is 0 Å². The number of carboxylic acids is 1. The first-order chi connectivity index (χ1) is 7.02. The number of carbonyl (C=O) groups is 2. The molecule has 1 unspecified atom stereocenters. The monoisotopic (exact) mass is 214 g/mol. The molecule has 1 atom stereocenters. The van der Waals surface area contributed by atoms with E-state index in [9.17, 15) is 9.59 Å². The SMILES string of the molecule is C=CCC(NC(=O)N(C)CCC)C(=O)O. The zero-order chi connectivity index (χ0) is 11.8. The lowest BCUT2D eigenvalue weighted by molar-refractivity contribution is -0.139. The summed E-state index contributed by atoms with van der Waals surface area (Å²) in [5, 5.41) is 11.2. The maximum atomic E-state index is 11.4. The van der Waals surface area contributed by atoms with E-state index in [0.717, 1.165) is 6.42 Å². The summed E-state index contributed by atoms with van der Waals surface area (Å²) in [6.07, 6.45) is 2.53. The molecule has 0 spiro atoms. The molecule has 15 heavy (non-hydrogen) atoms. The largest absolute Gasteiger partial charge is 0.480 e. The van der Waals surface area contributed by atoms with Crippen LogP contribution >= 0.6 is 0 Å². The van der Waals surface area contributed by atoms with Crippen LogP contribution in [0.25, 0.3) is 0 Å². The Morgan fingerprint density at radius 3 is 2.60 bits per heavy atom. The van der Waals surface area contributed by atoms with Crippen molar-refractivity contribution in [2.45, 2.75) is 25.8 Å². The molecule has 0 radical (unpaired) electrons. The molecule has 86 valence electrons. The Hall–Kier alpha value is -1.52. The first kappa shape index (κ1) is 13.5. The summed E-state index contributed by atoms with van der Waals surface area (Å²) >= 11 is 0. The van der Waals surface area contributed by atoms with E-state index in [1.54, 1.807) is 7.05 Å². The molecule has 0 saturated heterocycles. The third-order valence-corrected chi connectivity index (χ3v) is 1.90. The summed E-state index contributed by atoms with van der Waals surface area (Å²) < 4.78 is 0. The van der Waals surface area contributed by atoms with Crippen molar-refractivity contribution >= 4 is 12.0 Å². The van der Waals surface area contributed by atoms with Gasteiger partial charge in [-0.05, 0) is 12.8 Å². The van der Waals surface area contributed by atoms with E-state index in [4.69, 9.17) is 5.11 Å². The Bertz CT molecular complexity index is 241. The Kier molecular flexibility index (Phi) is 6.17. The van der Waals surface area contributed by atoms with Gasteiger partial charge in [0.1, 0.15) is 6.04 Å². The molecule has 0 aliphatic heterocycles. The van der Waals surface area contributed by atoms with Crippen LogP contribution in [0.15, 0.2) is 12.7 Å². The van der Waals surface area contributed by atoms with Gasteiger partial charge < -0.3 is 15.3 Å². The fourth-order valence-corrected chi connectivity index (χ4v) is 1.08. The predicted octanol–water partition coefficient (Wildman–Crippen LogP) is 1.07. The highest BCUT2D eigenvalue weighted by molar-refractivity contribution is 5.82. The first-order valence-corrected chi connectivity index (χ1v) is 4.88. The average Bonchev–Trinajstić information content (AvgIpc) is 2.17. The van der Waals surface area contributed by atoms with E-state index in [2.05, 4.69) is 11.9 Å². The smallest absolute Gasteiger partial charge is 0.326 e. The quantitative estimate of drug-likeness (QED) is 0.650. The topological polar surface area (TPSA) is 69.6 Å². The van der Waals surface area contributed by atoms with Crippen molar-refractivity contribution in [2.24, 2.45) is 0 Å². The maximum Gasteiger partial charge on any atom is 0.326 e. The van der Waals surface area contributed by atoms with E-state index in [1.165, 1.54) is 11.0 Å². The second-order valence-electron chi connectivity index (χ2n) is 3.29. The number of nitrogens with one attached hydrogen (secondary N) is 1. The summed E-state index contributed by atoms with van der Waals surface area (Å²) in [5.41, 5.74) is 0.